The Morgan fingerprint density at radius 2 is 1.72 bits per heavy atom. The van der Waals surface area contributed by atoms with E-state index in [0.29, 0.717) is 24.6 Å². The minimum absolute atomic E-state index is 0.0974. The Balaban J connectivity index is 2.15. The molecule has 0 aliphatic carbocycles. The highest BCUT2D eigenvalue weighted by Gasteiger charge is 2.12. The summed E-state index contributed by atoms with van der Waals surface area (Å²) in [7, 11) is 5.20. The smallest absolute Gasteiger partial charge is 0.269 e. The fraction of sp³-hybridized carbons (Fsp3) is 0.263. The molecule has 6 nitrogen and oxygen atoms in total. The maximum atomic E-state index is 10.7. The molecule has 0 unspecified atom stereocenters. The van der Waals surface area contributed by atoms with Crippen molar-refractivity contribution in [2.24, 2.45) is 0 Å². The average Bonchev–Trinajstić information content (AvgIpc) is 2.61. The SMILES string of the molecule is C=Cc1cc(OC)c(OC)cc1CN(C)Cc1ccc([N+](=O)[O-])cc1. The number of ether oxygens (including phenoxy) is 2. The monoisotopic (exact) mass is 342 g/mol. The number of hydrogen-bond donors (Lipinski definition) is 0. The van der Waals surface area contributed by atoms with Crippen molar-refractivity contribution in [3.8, 4) is 11.5 Å². The molecule has 0 N–H and O–H groups in total. The standard InChI is InChI=1S/C19H22N2O4/c1-5-15-10-18(24-3)19(25-4)11-16(15)13-20(2)12-14-6-8-17(9-7-14)21(22)23/h5-11H,1,12-13H2,2-4H3. The topological polar surface area (TPSA) is 64.8 Å². The van der Waals surface area contributed by atoms with Crippen molar-refractivity contribution < 1.29 is 14.4 Å². The summed E-state index contributed by atoms with van der Waals surface area (Å²) in [5, 5.41) is 10.7. The number of nitro benzene ring substituents is 1. The maximum absolute atomic E-state index is 10.7. The third kappa shape index (κ3) is 4.58. The van der Waals surface area contributed by atoms with Crippen LogP contribution < -0.4 is 9.47 Å². The molecule has 6 heteroatoms. The van der Waals surface area contributed by atoms with E-state index in [1.54, 1.807) is 32.4 Å². The lowest BCUT2D eigenvalue weighted by molar-refractivity contribution is -0.384. The highest BCUT2D eigenvalue weighted by Crippen LogP contribution is 2.31. The van der Waals surface area contributed by atoms with E-state index < -0.39 is 4.92 Å². The zero-order valence-corrected chi connectivity index (χ0v) is 14.7. The Morgan fingerprint density at radius 3 is 2.24 bits per heavy atom. The van der Waals surface area contributed by atoms with Crippen LogP contribution in [0.5, 0.6) is 11.5 Å². The van der Waals surface area contributed by atoms with Crippen LogP contribution in [-0.4, -0.2) is 31.1 Å². The predicted octanol–water partition coefficient (Wildman–Crippen LogP) is 3.89. The van der Waals surface area contributed by atoms with E-state index in [0.717, 1.165) is 16.7 Å². The molecule has 0 bridgehead atoms. The van der Waals surface area contributed by atoms with E-state index in [2.05, 4.69) is 11.5 Å². The molecule has 2 rings (SSSR count). The lowest BCUT2D eigenvalue weighted by Crippen LogP contribution is -2.18. The molecule has 0 radical (unpaired) electrons. The van der Waals surface area contributed by atoms with Gasteiger partial charge >= 0.3 is 0 Å². The molecule has 0 aliphatic heterocycles. The van der Waals surface area contributed by atoms with Crippen LogP contribution in [0.2, 0.25) is 0 Å². The molecule has 0 aromatic heterocycles. The van der Waals surface area contributed by atoms with E-state index in [9.17, 15) is 10.1 Å². The number of rotatable bonds is 8. The number of non-ortho nitro benzene ring substituents is 1. The van der Waals surface area contributed by atoms with E-state index >= 15 is 0 Å². The van der Waals surface area contributed by atoms with Gasteiger partial charge in [0.05, 0.1) is 19.1 Å². The Morgan fingerprint density at radius 1 is 1.12 bits per heavy atom. The van der Waals surface area contributed by atoms with Gasteiger partial charge < -0.3 is 9.47 Å². The fourth-order valence-electron chi connectivity index (χ4n) is 2.65. The summed E-state index contributed by atoms with van der Waals surface area (Å²) in [6, 6.07) is 10.4. The van der Waals surface area contributed by atoms with Crippen LogP contribution in [0.4, 0.5) is 5.69 Å². The fourth-order valence-corrected chi connectivity index (χ4v) is 2.65. The van der Waals surface area contributed by atoms with Crippen molar-refractivity contribution in [2.75, 3.05) is 21.3 Å². The van der Waals surface area contributed by atoms with Gasteiger partial charge in [-0.05, 0) is 35.9 Å². The first kappa shape index (κ1) is 18.5. The second-order valence-electron chi connectivity index (χ2n) is 5.71. The van der Waals surface area contributed by atoms with Gasteiger partial charge in [-0.2, -0.15) is 0 Å². The van der Waals surface area contributed by atoms with Crippen LogP contribution in [0, 0.1) is 10.1 Å². The first-order chi connectivity index (χ1) is 12.0. The largest absolute Gasteiger partial charge is 0.493 e. The van der Waals surface area contributed by atoms with Crippen molar-refractivity contribution in [1.29, 1.82) is 0 Å². The van der Waals surface area contributed by atoms with E-state index in [1.165, 1.54) is 12.1 Å². The van der Waals surface area contributed by atoms with Gasteiger partial charge in [-0.1, -0.05) is 24.8 Å². The molecule has 2 aromatic carbocycles. The number of hydrogen-bond acceptors (Lipinski definition) is 5. The lowest BCUT2D eigenvalue weighted by Gasteiger charge is -2.20. The molecule has 0 amide bonds. The third-order valence-corrected chi connectivity index (χ3v) is 3.91. The van der Waals surface area contributed by atoms with Crippen LogP contribution in [0.1, 0.15) is 16.7 Å². The zero-order valence-electron chi connectivity index (χ0n) is 14.7. The van der Waals surface area contributed by atoms with E-state index in [1.807, 2.05) is 19.2 Å². The molecule has 0 saturated carbocycles. The minimum Gasteiger partial charge on any atom is -0.493 e. The van der Waals surface area contributed by atoms with Gasteiger partial charge in [0.1, 0.15) is 0 Å². The molecule has 0 heterocycles. The van der Waals surface area contributed by atoms with Crippen LogP contribution in [0.3, 0.4) is 0 Å². The van der Waals surface area contributed by atoms with Crippen LogP contribution >= 0.6 is 0 Å². The highest BCUT2D eigenvalue weighted by atomic mass is 16.6. The van der Waals surface area contributed by atoms with Crippen LogP contribution in [0.25, 0.3) is 6.08 Å². The molecule has 2 aromatic rings. The van der Waals surface area contributed by atoms with Crippen molar-refractivity contribution in [3.05, 3.63) is 69.8 Å². The zero-order chi connectivity index (χ0) is 18.4. The molecule has 25 heavy (non-hydrogen) atoms. The number of nitro groups is 1. The summed E-state index contributed by atoms with van der Waals surface area (Å²) in [5.74, 6) is 1.34. The van der Waals surface area contributed by atoms with Crippen molar-refractivity contribution in [3.63, 3.8) is 0 Å². The van der Waals surface area contributed by atoms with Gasteiger partial charge in [0.2, 0.25) is 0 Å². The first-order valence-corrected chi connectivity index (χ1v) is 7.77. The second kappa shape index (κ2) is 8.30. The van der Waals surface area contributed by atoms with Gasteiger partial charge in [0.25, 0.3) is 5.69 Å². The molecule has 0 spiro atoms. The van der Waals surface area contributed by atoms with Crippen molar-refractivity contribution in [2.45, 2.75) is 13.1 Å². The van der Waals surface area contributed by atoms with Crippen LogP contribution in [-0.2, 0) is 13.1 Å². The maximum Gasteiger partial charge on any atom is 0.269 e. The lowest BCUT2D eigenvalue weighted by atomic mass is 10.1. The molecule has 0 aliphatic rings. The quantitative estimate of drug-likeness (QED) is 0.538. The minimum atomic E-state index is -0.395. The number of nitrogens with zero attached hydrogens (tertiary/aromatic N) is 2. The number of benzene rings is 2. The second-order valence-corrected chi connectivity index (χ2v) is 5.71. The summed E-state index contributed by atoms with van der Waals surface area (Å²) in [6.07, 6.45) is 1.79. The summed E-state index contributed by atoms with van der Waals surface area (Å²) >= 11 is 0. The molecule has 132 valence electrons. The van der Waals surface area contributed by atoms with Gasteiger partial charge in [-0.25, -0.2) is 0 Å². The Hall–Kier alpha value is -2.86. The Bertz CT molecular complexity index is 757. The third-order valence-electron chi connectivity index (χ3n) is 3.91. The summed E-state index contributed by atoms with van der Waals surface area (Å²) in [6.45, 7) is 5.21. The molecule has 0 saturated heterocycles. The van der Waals surface area contributed by atoms with E-state index in [4.69, 9.17) is 9.47 Å². The van der Waals surface area contributed by atoms with E-state index in [-0.39, 0.29) is 5.69 Å². The molecular weight excluding hydrogens is 320 g/mol. The molecule has 0 fully saturated rings. The first-order valence-electron chi connectivity index (χ1n) is 7.77. The highest BCUT2D eigenvalue weighted by molar-refractivity contribution is 5.59. The van der Waals surface area contributed by atoms with Crippen molar-refractivity contribution in [1.82, 2.24) is 4.90 Å². The predicted molar refractivity (Wildman–Crippen MR) is 97.9 cm³/mol. The van der Waals surface area contributed by atoms with Gasteiger partial charge in [-0.3, -0.25) is 15.0 Å². The molecular formula is C19H22N2O4. The summed E-state index contributed by atoms with van der Waals surface area (Å²) in [4.78, 5) is 12.4. The Kier molecular flexibility index (Phi) is 6.14. The Labute approximate surface area is 147 Å². The van der Waals surface area contributed by atoms with Crippen molar-refractivity contribution >= 4 is 11.8 Å². The summed E-state index contributed by atoms with van der Waals surface area (Å²) in [5.41, 5.74) is 3.15. The number of methoxy groups -OCH3 is 2. The van der Waals surface area contributed by atoms with Gasteiger partial charge in [-0.15, -0.1) is 0 Å². The normalized spacial score (nSPS) is 10.6. The average molecular weight is 342 g/mol. The summed E-state index contributed by atoms with van der Waals surface area (Å²) < 4.78 is 10.7. The van der Waals surface area contributed by atoms with Gasteiger partial charge in [0.15, 0.2) is 11.5 Å². The van der Waals surface area contributed by atoms with Crippen LogP contribution in [0.15, 0.2) is 43.0 Å². The van der Waals surface area contributed by atoms with Gasteiger partial charge in [0, 0.05) is 25.2 Å². The molecule has 0 atom stereocenters.